The van der Waals surface area contributed by atoms with Crippen molar-refractivity contribution in [3.05, 3.63) is 47.5 Å². The van der Waals surface area contributed by atoms with E-state index in [1.165, 1.54) is 18.7 Å². The van der Waals surface area contributed by atoms with Gasteiger partial charge < -0.3 is 14.6 Å². The smallest absolute Gasteiger partial charge is 0.253 e. The Bertz CT molecular complexity index is 771. The molecule has 2 aliphatic rings. The van der Waals surface area contributed by atoms with Crippen molar-refractivity contribution in [2.24, 2.45) is 5.92 Å². The number of amides is 1. The van der Waals surface area contributed by atoms with Gasteiger partial charge in [0, 0.05) is 43.5 Å². The average Bonchev–Trinajstić information content (AvgIpc) is 3.32. The zero-order valence-corrected chi connectivity index (χ0v) is 14.7. The summed E-state index contributed by atoms with van der Waals surface area (Å²) < 4.78 is 2.32. The van der Waals surface area contributed by atoms with Crippen molar-refractivity contribution in [1.29, 1.82) is 0 Å². The second-order valence-electron chi connectivity index (χ2n) is 7.45. The summed E-state index contributed by atoms with van der Waals surface area (Å²) in [5, 5.41) is 9.84. The van der Waals surface area contributed by atoms with E-state index in [4.69, 9.17) is 0 Å². The normalized spacial score (nSPS) is 18.5. The predicted octanol–water partition coefficient (Wildman–Crippen LogP) is 3.33. The highest BCUT2D eigenvalue weighted by Gasteiger charge is 2.29. The summed E-state index contributed by atoms with van der Waals surface area (Å²) in [6.07, 6.45) is 8.59. The number of benzene rings is 1. The van der Waals surface area contributed by atoms with Crippen LogP contribution in [0.25, 0.3) is 0 Å². The van der Waals surface area contributed by atoms with Crippen molar-refractivity contribution in [1.82, 2.24) is 14.5 Å². The van der Waals surface area contributed by atoms with Gasteiger partial charge in [0.2, 0.25) is 0 Å². The molecule has 5 heteroatoms. The van der Waals surface area contributed by atoms with Crippen molar-refractivity contribution in [3.8, 4) is 5.75 Å². The Morgan fingerprint density at radius 2 is 2.00 bits per heavy atom. The number of phenolic OH excluding ortho intramolecular Hbond substituents is 1. The van der Waals surface area contributed by atoms with Gasteiger partial charge in [0.25, 0.3) is 5.91 Å². The summed E-state index contributed by atoms with van der Waals surface area (Å²) in [5.74, 6) is 2.65. The molecule has 0 bridgehead atoms. The van der Waals surface area contributed by atoms with Crippen LogP contribution in [0.2, 0.25) is 0 Å². The first-order valence-corrected chi connectivity index (χ1v) is 9.21. The minimum atomic E-state index is 0.00933. The molecule has 1 saturated carbocycles. The summed E-state index contributed by atoms with van der Waals surface area (Å²) in [6.45, 7) is 4.42. The van der Waals surface area contributed by atoms with Gasteiger partial charge in [-0.1, -0.05) is 6.07 Å². The summed E-state index contributed by atoms with van der Waals surface area (Å²) in [4.78, 5) is 19.2. The van der Waals surface area contributed by atoms with Crippen LogP contribution in [0.5, 0.6) is 5.75 Å². The first kappa shape index (κ1) is 16.2. The van der Waals surface area contributed by atoms with Crippen LogP contribution in [0.3, 0.4) is 0 Å². The molecule has 25 heavy (non-hydrogen) atoms. The van der Waals surface area contributed by atoms with Crippen molar-refractivity contribution in [2.75, 3.05) is 13.1 Å². The monoisotopic (exact) mass is 339 g/mol. The van der Waals surface area contributed by atoms with Gasteiger partial charge in [0.15, 0.2) is 0 Å². The van der Waals surface area contributed by atoms with Crippen LogP contribution in [-0.4, -0.2) is 38.6 Å². The number of phenols is 1. The van der Waals surface area contributed by atoms with Crippen LogP contribution < -0.4 is 0 Å². The molecule has 1 aromatic heterocycles. The van der Waals surface area contributed by atoms with E-state index in [1.807, 2.05) is 18.0 Å². The van der Waals surface area contributed by atoms with Crippen molar-refractivity contribution in [3.63, 3.8) is 0 Å². The van der Waals surface area contributed by atoms with Gasteiger partial charge in [-0.2, -0.15) is 0 Å². The Morgan fingerprint density at radius 3 is 2.68 bits per heavy atom. The SMILES string of the molecule is Cc1ccc(C(=O)N2CCC(c3nccn3CC3CC3)CC2)cc1O. The number of imidazole rings is 1. The number of aromatic hydroxyl groups is 1. The largest absolute Gasteiger partial charge is 0.508 e. The fourth-order valence-electron chi connectivity index (χ4n) is 3.68. The maximum Gasteiger partial charge on any atom is 0.253 e. The zero-order chi connectivity index (χ0) is 17.4. The van der Waals surface area contributed by atoms with Crippen LogP contribution in [0.1, 0.15) is 53.3 Å². The lowest BCUT2D eigenvalue weighted by Crippen LogP contribution is -2.38. The minimum Gasteiger partial charge on any atom is -0.508 e. The number of hydrogen-bond donors (Lipinski definition) is 1. The third-order valence-corrected chi connectivity index (χ3v) is 5.50. The Hall–Kier alpha value is -2.30. The van der Waals surface area contributed by atoms with Crippen molar-refractivity contribution < 1.29 is 9.90 Å². The maximum absolute atomic E-state index is 12.7. The molecule has 1 aliphatic heterocycles. The number of nitrogens with zero attached hydrogens (tertiary/aromatic N) is 3. The van der Waals surface area contributed by atoms with Gasteiger partial charge in [0.05, 0.1) is 0 Å². The zero-order valence-electron chi connectivity index (χ0n) is 14.7. The molecule has 2 fully saturated rings. The molecule has 1 saturated heterocycles. The standard InChI is InChI=1S/C20H25N3O2/c1-14-2-5-17(12-18(14)24)20(25)22-9-6-16(7-10-22)19-21-8-11-23(19)13-15-3-4-15/h2,5,8,11-12,15-16,24H,3-4,6-7,9-10,13H2,1H3. The Morgan fingerprint density at radius 1 is 1.24 bits per heavy atom. The Kier molecular flexibility index (Phi) is 4.24. The highest BCUT2D eigenvalue weighted by molar-refractivity contribution is 5.94. The van der Waals surface area contributed by atoms with E-state index >= 15 is 0 Å². The van der Waals surface area contributed by atoms with Crippen molar-refractivity contribution >= 4 is 5.91 Å². The Labute approximate surface area is 148 Å². The number of hydrogen-bond acceptors (Lipinski definition) is 3. The second-order valence-corrected chi connectivity index (χ2v) is 7.45. The lowest BCUT2D eigenvalue weighted by Gasteiger charge is -2.32. The molecule has 2 heterocycles. The van der Waals surface area contributed by atoms with Gasteiger partial charge in [-0.25, -0.2) is 4.98 Å². The molecule has 0 atom stereocenters. The van der Waals surface area contributed by atoms with E-state index in [2.05, 4.69) is 15.7 Å². The topological polar surface area (TPSA) is 58.4 Å². The molecule has 5 nitrogen and oxygen atoms in total. The molecule has 0 spiro atoms. The predicted molar refractivity (Wildman–Crippen MR) is 95.7 cm³/mol. The van der Waals surface area contributed by atoms with E-state index < -0.39 is 0 Å². The second kappa shape index (κ2) is 6.54. The molecule has 1 aromatic carbocycles. The number of likely N-dealkylation sites (tertiary alicyclic amines) is 1. The van der Waals surface area contributed by atoms with E-state index in [1.54, 1.807) is 18.2 Å². The molecular formula is C20H25N3O2. The average molecular weight is 339 g/mol. The highest BCUT2D eigenvalue weighted by Crippen LogP contribution is 2.33. The molecular weight excluding hydrogens is 314 g/mol. The minimum absolute atomic E-state index is 0.00933. The number of carbonyl (C=O) groups is 1. The number of aromatic nitrogens is 2. The number of carbonyl (C=O) groups excluding carboxylic acids is 1. The maximum atomic E-state index is 12.7. The molecule has 1 aliphatic carbocycles. The van der Waals surface area contributed by atoms with E-state index in [0.29, 0.717) is 11.5 Å². The van der Waals surface area contributed by atoms with E-state index in [-0.39, 0.29) is 11.7 Å². The van der Waals surface area contributed by atoms with Crippen LogP contribution >= 0.6 is 0 Å². The third kappa shape index (κ3) is 3.41. The van der Waals surface area contributed by atoms with Crippen LogP contribution in [0, 0.1) is 12.8 Å². The van der Waals surface area contributed by atoms with Crippen LogP contribution in [0.4, 0.5) is 0 Å². The van der Waals surface area contributed by atoms with Gasteiger partial charge in [0.1, 0.15) is 11.6 Å². The summed E-state index contributed by atoms with van der Waals surface area (Å²) in [6, 6.07) is 5.17. The fraction of sp³-hybridized carbons (Fsp3) is 0.500. The third-order valence-electron chi connectivity index (χ3n) is 5.50. The van der Waals surface area contributed by atoms with Gasteiger partial charge in [-0.05, 0) is 56.2 Å². The number of rotatable bonds is 4. The van der Waals surface area contributed by atoms with Gasteiger partial charge in [-0.3, -0.25) is 4.79 Å². The molecule has 132 valence electrons. The summed E-state index contributed by atoms with van der Waals surface area (Å²) >= 11 is 0. The fourth-order valence-corrected chi connectivity index (χ4v) is 3.68. The molecule has 1 amide bonds. The first-order chi connectivity index (χ1) is 12.1. The summed E-state index contributed by atoms with van der Waals surface area (Å²) in [7, 11) is 0. The molecule has 0 unspecified atom stereocenters. The molecule has 0 radical (unpaired) electrons. The van der Waals surface area contributed by atoms with E-state index in [0.717, 1.165) is 44.0 Å². The van der Waals surface area contributed by atoms with Crippen LogP contribution in [-0.2, 0) is 6.54 Å². The van der Waals surface area contributed by atoms with Gasteiger partial charge >= 0.3 is 0 Å². The van der Waals surface area contributed by atoms with Gasteiger partial charge in [-0.15, -0.1) is 0 Å². The lowest BCUT2D eigenvalue weighted by atomic mass is 9.95. The number of aryl methyl sites for hydroxylation is 1. The lowest BCUT2D eigenvalue weighted by molar-refractivity contribution is 0.0710. The highest BCUT2D eigenvalue weighted by atomic mass is 16.3. The summed E-state index contributed by atoms with van der Waals surface area (Å²) in [5.41, 5.74) is 1.36. The number of piperidine rings is 1. The first-order valence-electron chi connectivity index (χ1n) is 9.21. The Balaban J connectivity index is 1.40. The molecule has 1 N–H and O–H groups in total. The quantitative estimate of drug-likeness (QED) is 0.929. The van der Waals surface area contributed by atoms with Crippen molar-refractivity contribution in [2.45, 2.75) is 45.1 Å². The molecule has 2 aromatic rings. The molecule has 4 rings (SSSR count). The van der Waals surface area contributed by atoms with E-state index in [9.17, 15) is 9.90 Å². The van der Waals surface area contributed by atoms with Crippen LogP contribution in [0.15, 0.2) is 30.6 Å².